The maximum absolute atomic E-state index is 14.2. The average Bonchev–Trinajstić information content (AvgIpc) is 2.62. The number of benzene rings is 2. The summed E-state index contributed by atoms with van der Waals surface area (Å²) in [5.74, 6) is -2.27. The van der Waals surface area contributed by atoms with Gasteiger partial charge in [0.25, 0.3) is 5.91 Å². The molecule has 0 heterocycles. The Morgan fingerprint density at radius 3 is 2.46 bits per heavy atom. The molecule has 3 N–H and O–H groups in total. The predicted molar refractivity (Wildman–Crippen MR) is 104 cm³/mol. The second-order valence-corrected chi connectivity index (χ2v) is 6.85. The summed E-state index contributed by atoms with van der Waals surface area (Å²) in [5.41, 5.74) is 1.13. The number of nitrogens with one attached hydrogen (secondary N) is 2. The van der Waals surface area contributed by atoms with Crippen molar-refractivity contribution in [1.29, 1.82) is 0 Å². The van der Waals surface area contributed by atoms with Crippen molar-refractivity contribution in [1.82, 2.24) is 5.32 Å². The van der Waals surface area contributed by atoms with Crippen molar-refractivity contribution < 1.29 is 23.9 Å². The summed E-state index contributed by atoms with van der Waals surface area (Å²) >= 11 is 0. The summed E-state index contributed by atoms with van der Waals surface area (Å²) in [4.78, 5) is 34.9. The number of carboxylic acid groups (broad SMARTS) is 1. The molecule has 2 rings (SSSR count). The van der Waals surface area contributed by atoms with Crippen LogP contribution in [0.3, 0.4) is 0 Å². The number of carbonyl (C=O) groups is 3. The molecule has 0 fully saturated rings. The molecule has 0 aliphatic rings. The Morgan fingerprint density at radius 1 is 1.07 bits per heavy atom. The molecule has 28 heavy (non-hydrogen) atoms. The van der Waals surface area contributed by atoms with Crippen molar-refractivity contribution in [2.75, 3.05) is 11.9 Å². The third-order valence-electron chi connectivity index (χ3n) is 3.97. The van der Waals surface area contributed by atoms with Gasteiger partial charge in [0.15, 0.2) is 0 Å². The number of anilines is 1. The van der Waals surface area contributed by atoms with Crippen LogP contribution >= 0.6 is 0 Å². The normalized spacial score (nSPS) is 10.6. The van der Waals surface area contributed by atoms with Gasteiger partial charge in [0, 0.05) is 18.5 Å². The highest BCUT2D eigenvalue weighted by molar-refractivity contribution is 5.96. The molecule has 0 aromatic heterocycles. The Morgan fingerprint density at radius 2 is 1.82 bits per heavy atom. The molecule has 0 aliphatic carbocycles. The van der Waals surface area contributed by atoms with Crippen LogP contribution in [0.15, 0.2) is 42.5 Å². The Labute approximate surface area is 162 Å². The van der Waals surface area contributed by atoms with E-state index in [0.29, 0.717) is 6.42 Å². The van der Waals surface area contributed by atoms with Crippen LogP contribution in [0.4, 0.5) is 10.1 Å². The number of hydrogen-bond acceptors (Lipinski definition) is 3. The van der Waals surface area contributed by atoms with E-state index in [4.69, 9.17) is 5.11 Å². The largest absolute Gasteiger partial charge is 0.478 e. The topological polar surface area (TPSA) is 95.5 Å². The van der Waals surface area contributed by atoms with E-state index in [9.17, 15) is 18.8 Å². The molecule has 6 nitrogen and oxygen atoms in total. The van der Waals surface area contributed by atoms with Gasteiger partial charge in [0.05, 0.1) is 11.3 Å². The molecule has 0 unspecified atom stereocenters. The fourth-order valence-electron chi connectivity index (χ4n) is 2.61. The Kier molecular flexibility index (Phi) is 7.26. The van der Waals surface area contributed by atoms with E-state index in [1.807, 2.05) is 13.8 Å². The average molecular weight is 386 g/mol. The van der Waals surface area contributed by atoms with Gasteiger partial charge in [-0.3, -0.25) is 9.59 Å². The molecular formula is C21H23FN2O4. The maximum atomic E-state index is 14.2. The van der Waals surface area contributed by atoms with Crippen molar-refractivity contribution in [2.45, 2.75) is 26.7 Å². The van der Waals surface area contributed by atoms with Gasteiger partial charge >= 0.3 is 5.97 Å². The first-order chi connectivity index (χ1) is 13.3. The molecular weight excluding hydrogens is 363 g/mol. The number of hydrogen-bond donors (Lipinski definition) is 3. The standard InChI is InChI=1S/C21H23FN2O4/c1-13(2)10-19(25)24-18-7-6-15(12-17(18)22)20(26)23-9-8-14-4-3-5-16(11-14)21(27)28/h3-7,11-13H,8-10H2,1-2H3,(H,23,26)(H,24,25)(H,27,28). The molecule has 7 heteroatoms. The first-order valence-electron chi connectivity index (χ1n) is 8.96. The zero-order valence-electron chi connectivity index (χ0n) is 15.8. The van der Waals surface area contributed by atoms with E-state index in [1.54, 1.807) is 18.2 Å². The molecule has 0 spiro atoms. The van der Waals surface area contributed by atoms with Gasteiger partial charge in [-0.15, -0.1) is 0 Å². The van der Waals surface area contributed by atoms with Crippen LogP contribution in [0.5, 0.6) is 0 Å². The van der Waals surface area contributed by atoms with Crippen LogP contribution < -0.4 is 10.6 Å². The zero-order chi connectivity index (χ0) is 20.7. The highest BCUT2D eigenvalue weighted by Gasteiger charge is 2.12. The second-order valence-electron chi connectivity index (χ2n) is 6.85. The zero-order valence-corrected chi connectivity index (χ0v) is 15.8. The summed E-state index contributed by atoms with van der Waals surface area (Å²) in [5, 5.41) is 14.1. The smallest absolute Gasteiger partial charge is 0.335 e. The monoisotopic (exact) mass is 386 g/mol. The van der Waals surface area contributed by atoms with Gasteiger partial charge in [-0.1, -0.05) is 26.0 Å². The molecule has 0 radical (unpaired) electrons. The minimum absolute atomic E-state index is 0.0349. The quantitative estimate of drug-likeness (QED) is 0.647. The Bertz CT molecular complexity index is 880. The van der Waals surface area contributed by atoms with Gasteiger partial charge in [0.2, 0.25) is 5.91 Å². The summed E-state index contributed by atoms with van der Waals surface area (Å²) in [7, 11) is 0. The first kappa shape index (κ1) is 21.1. The van der Waals surface area contributed by atoms with Crippen LogP contribution in [0.2, 0.25) is 0 Å². The second kappa shape index (κ2) is 9.64. The molecule has 148 valence electrons. The van der Waals surface area contributed by atoms with Crippen molar-refractivity contribution in [3.63, 3.8) is 0 Å². The van der Waals surface area contributed by atoms with E-state index < -0.39 is 17.7 Å². The highest BCUT2D eigenvalue weighted by atomic mass is 19.1. The molecule has 0 bridgehead atoms. The van der Waals surface area contributed by atoms with E-state index in [2.05, 4.69) is 10.6 Å². The molecule has 0 aliphatic heterocycles. The van der Waals surface area contributed by atoms with Crippen molar-refractivity contribution in [2.24, 2.45) is 5.92 Å². The van der Waals surface area contributed by atoms with Crippen molar-refractivity contribution in [3.05, 3.63) is 65.0 Å². The molecule has 0 atom stereocenters. The minimum Gasteiger partial charge on any atom is -0.478 e. The lowest BCUT2D eigenvalue weighted by molar-refractivity contribution is -0.116. The van der Waals surface area contributed by atoms with Gasteiger partial charge < -0.3 is 15.7 Å². The van der Waals surface area contributed by atoms with E-state index in [0.717, 1.165) is 11.6 Å². The van der Waals surface area contributed by atoms with Gasteiger partial charge in [-0.05, 0) is 48.2 Å². The lowest BCUT2D eigenvalue weighted by atomic mass is 10.1. The lowest BCUT2D eigenvalue weighted by Gasteiger charge is -2.10. The first-order valence-corrected chi connectivity index (χ1v) is 8.96. The van der Waals surface area contributed by atoms with Crippen LogP contribution in [0.25, 0.3) is 0 Å². The minimum atomic E-state index is -1.01. The van der Waals surface area contributed by atoms with E-state index in [1.165, 1.54) is 18.2 Å². The number of rotatable bonds is 8. The number of carboxylic acids is 1. The van der Waals surface area contributed by atoms with Crippen LogP contribution in [0, 0.1) is 11.7 Å². The van der Waals surface area contributed by atoms with Crippen LogP contribution in [-0.4, -0.2) is 29.4 Å². The van der Waals surface area contributed by atoms with Gasteiger partial charge in [-0.25, -0.2) is 9.18 Å². The molecule has 2 aromatic carbocycles. The molecule has 0 saturated carbocycles. The molecule has 0 saturated heterocycles. The fourth-order valence-corrected chi connectivity index (χ4v) is 2.61. The number of carbonyl (C=O) groups excluding carboxylic acids is 2. The van der Waals surface area contributed by atoms with Crippen molar-refractivity contribution >= 4 is 23.5 Å². The lowest BCUT2D eigenvalue weighted by Crippen LogP contribution is -2.26. The third kappa shape index (κ3) is 6.19. The Balaban J connectivity index is 1.92. The van der Waals surface area contributed by atoms with Crippen LogP contribution in [0.1, 0.15) is 46.5 Å². The van der Waals surface area contributed by atoms with Crippen molar-refractivity contribution in [3.8, 4) is 0 Å². The number of amides is 2. The van der Waals surface area contributed by atoms with Gasteiger partial charge in [-0.2, -0.15) is 0 Å². The molecule has 2 amide bonds. The van der Waals surface area contributed by atoms with E-state index >= 15 is 0 Å². The Hall–Kier alpha value is -3.22. The number of aromatic carboxylic acids is 1. The summed E-state index contributed by atoms with van der Waals surface area (Å²) < 4.78 is 14.2. The maximum Gasteiger partial charge on any atom is 0.335 e. The van der Waals surface area contributed by atoms with Gasteiger partial charge in [0.1, 0.15) is 5.82 Å². The third-order valence-corrected chi connectivity index (χ3v) is 3.97. The molecule has 2 aromatic rings. The van der Waals surface area contributed by atoms with Crippen LogP contribution in [-0.2, 0) is 11.2 Å². The summed E-state index contributed by atoms with van der Waals surface area (Å²) in [6.07, 6.45) is 0.726. The summed E-state index contributed by atoms with van der Waals surface area (Å²) in [6.45, 7) is 4.05. The SMILES string of the molecule is CC(C)CC(=O)Nc1ccc(C(=O)NCCc2cccc(C(=O)O)c2)cc1F. The number of halogens is 1. The highest BCUT2D eigenvalue weighted by Crippen LogP contribution is 2.17. The van der Waals surface area contributed by atoms with E-state index in [-0.39, 0.29) is 41.6 Å². The predicted octanol–water partition coefficient (Wildman–Crippen LogP) is 3.48. The summed E-state index contributed by atoms with van der Waals surface area (Å²) in [6, 6.07) is 10.3. The fraction of sp³-hybridized carbons (Fsp3) is 0.286.